The lowest BCUT2D eigenvalue weighted by Gasteiger charge is -2.21. The summed E-state index contributed by atoms with van der Waals surface area (Å²) in [6.07, 6.45) is 5.21. The van der Waals surface area contributed by atoms with Gasteiger partial charge in [0.25, 0.3) is 0 Å². The second kappa shape index (κ2) is 8.49. The van der Waals surface area contributed by atoms with E-state index in [4.69, 9.17) is 4.74 Å². The average molecular weight is 429 g/mol. The van der Waals surface area contributed by atoms with Crippen LogP contribution in [0.15, 0.2) is 35.6 Å². The first-order valence-electron chi connectivity index (χ1n) is 7.67. The molecular weight excluding hydrogens is 405 g/mol. The number of guanidine groups is 1. The van der Waals surface area contributed by atoms with Crippen molar-refractivity contribution in [2.45, 2.75) is 13.0 Å². The molecule has 0 spiro atoms. The highest BCUT2D eigenvalue weighted by molar-refractivity contribution is 14.0. The van der Waals surface area contributed by atoms with Gasteiger partial charge in [-0.2, -0.15) is 0 Å². The Hall–Kier alpha value is -1.35. The first kappa shape index (κ1) is 18.0. The van der Waals surface area contributed by atoms with Gasteiger partial charge in [-0.1, -0.05) is 6.07 Å². The highest BCUT2D eigenvalue weighted by Gasteiger charge is 2.24. The van der Waals surface area contributed by atoms with Crippen LogP contribution in [0.3, 0.4) is 0 Å². The maximum absolute atomic E-state index is 5.25. The van der Waals surface area contributed by atoms with Gasteiger partial charge >= 0.3 is 0 Å². The predicted octanol–water partition coefficient (Wildman–Crippen LogP) is 2.00. The van der Waals surface area contributed by atoms with E-state index in [9.17, 15) is 0 Å². The van der Waals surface area contributed by atoms with E-state index in [2.05, 4.69) is 20.2 Å². The molecular formula is C16H24IN5O. The van der Waals surface area contributed by atoms with Gasteiger partial charge in [0.15, 0.2) is 5.96 Å². The lowest BCUT2D eigenvalue weighted by Crippen LogP contribution is -2.39. The minimum absolute atomic E-state index is 0. The number of likely N-dealkylation sites (tertiary alicyclic amines) is 1. The Balaban J connectivity index is 0.00000192. The molecule has 1 aliphatic rings. The minimum Gasteiger partial charge on any atom is -0.384 e. The second-order valence-corrected chi connectivity index (χ2v) is 5.66. The standard InChI is InChI=1S/C16H23N5O.HI/c1-17-16(21-8-6-13(10-21)12-22-2)18-9-14-11-20-7-4-3-5-15(20)19-14;/h3-5,7,11,13H,6,8-10,12H2,1-2H3,(H,17,18);1H. The fourth-order valence-electron chi connectivity index (χ4n) is 2.97. The first-order chi connectivity index (χ1) is 10.8. The zero-order chi connectivity index (χ0) is 15.4. The Morgan fingerprint density at radius 1 is 1.48 bits per heavy atom. The summed E-state index contributed by atoms with van der Waals surface area (Å²) in [6, 6.07) is 6.01. The van der Waals surface area contributed by atoms with Crippen molar-refractivity contribution < 1.29 is 4.74 Å². The third kappa shape index (κ3) is 4.35. The Morgan fingerprint density at radius 2 is 2.35 bits per heavy atom. The summed E-state index contributed by atoms with van der Waals surface area (Å²) >= 11 is 0. The van der Waals surface area contributed by atoms with Crippen LogP contribution in [0, 0.1) is 5.92 Å². The molecule has 6 nitrogen and oxygen atoms in total. The highest BCUT2D eigenvalue weighted by atomic mass is 127. The SMILES string of the molecule is CN=C(NCc1cn2ccccc2n1)N1CCC(COC)C1.I. The third-order valence-electron chi connectivity index (χ3n) is 4.04. The van der Waals surface area contributed by atoms with E-state index in [-0.39, 0.29) is 24.0 Å². The lowest BCUT2D eigenvalue weighted by atomic mass is 10.1. The van der Waals surface area contributed by atoms with Gasteiger partial charge in [-0.3, -0.25) is 4.99 Å². The zero-order valence-corrected chi connectivity index (χ0v) is 15.9. The second-order valence-electron chi connectivity index (χ2n) is 5.66. The number of nitrogens with zero attached hydrogens (tertiary/aromatic N) is 4. The molecule has 7 heteroatoms. The van der Waals surface area contributed by atoms with E-state index in [1.54, 1.807) is 7.11 Å². The van der Waals surface area contributed by atoms with Gasteiger partial charge in [-0.05, 0) is 18.6 Å². The van der Waals surface area contributed by atoms with E-state index >= 15 is 0 Å². The number of imidazole rings is 1. The van der Waals surface area contributed by atoms with Crippen LogP contribution in [0.5, 0.6) is 0 Å². The van der Waals surface area contributed by atoms with Crippen molar-refractivity contribution in [3.8, 4) is 0 Å². The van der Waals surface area contributed by atoms with Crippen LogP contribution < -0.4 is 5.32 Å². The smallest absolute Gasteiger partial charge is 0.193 e. The summed E-state index contributed by atoms with van der Waals surface area (Å²) in [5, 5.41) is 3.41. The normalized spacial score (nSPS) is 18.3. The van der Waals surface area contributed by atoms with Crippen molar-refractivity contribution in [2.24, 2.45) is 10.9 Å². The number of pyridine rings is 1. The third-order valence-corrected chi connectivity index (χ3v) is 4.04. The topological polar surface area (TPSA) is 54.2 Å². The number of rotatable bonds is 4. The molecule has 0 bridgehead atoms. The number of nitrogens with one attached hydrogen (secondary N) is 1. The molecule has 126 valence electrons. The fraction of sp³-hybridized carbons (Fsp3) is 0.500. The van der Waals surface area contributed by atoms with Crippen molar-refractivity contribution in [1.29, 1.82) is 0 Å². The molecule has 1 N–H and O–H groups in total. The zero-order valence-electron chi connectivity index (χ0n) is 13.6. The number of fused-ring (bicyclic) bond motifs is 1. The molecule has 0 radical (unpaired) electrons. The first-order valence-corrected chi connectivity index (χ1v) is 7.67. The van der Waals surface area contributed by atoms with Crippen LogP contribution in [-0.2, 0) is 11.3 Å². The number of ether oxygens (including phenoxy) is 1. The molecule has 1 atom stereocenters. The van der Waals surface area contributed by atoms with E-state index in [1.165, 1.54) is 0 Å². The van der Waals surface area contributed by atoms with Gasteiger partial charge in [0.05, 0.1) is 18.8 Å². The minimum atomic E-state index is 0. The molecule has 3 heterocycles. The summed E-state index contributed by atoms with van der Waals surface area (Å²) in [7, 11) is 3.59. The molecule has 0 aliphatic carbocycles. The fourth-order valence-corrected chi connectivity index (χ4v) is 2.97. The predicted molar refractivity (Wildman–Crippen MR) is 102 cm³/mol. The van der Waals surface area contributed by atoms with Crippen molar-refractivity contribution in [3.05, 3.63) is 36.3 Å². The molecule has 1 aliphatic heterocycles. The Kier molecular flexibility index (Phi) is 6.64. The summed E-state index contributed by atoms with van der Waals surface area (Å²) in [5.74, 6) is 1.54. The number of aliphatic imine (C=N–C) groups is 1. The van der Waals surface area contributed by atoms with E-state index < -0.39 is 0 Å². The maximum atomic E-state index is 5.25. The molecule has 0 saturated carbocycles. The molecule has 0 amide bonds. The van der Waals surface area contributed by atoms with E-state index in [0.29, 0.717) is 12.5 Å². The van der Waals surface area contributed by atoms with Gasteiger partial charge in [0.1, 0.15) is 5.65 Å². The molecule has 2 aromatic heterocycles. The Morgan fingerprint density at radius 3 is 3.09 bits per heavy atom. The molecule has 1 fully saturated rings. The molecule has 1 saturated heterocycles. The van der Waals surface area contributed by atoms with Crippen LogP contribution in [0.2, 0.25) is 0 Å². The number of aromatic nitrogens is 2. The van der Waals surface area contributed by atoms with Crippen LogP contribution >= 0.6 is 24.0 Å². The van der Waals surface area contributed by atoms with E-state index in [0.717, 1.165) is 43.4 Å². The molecule has 2 aromatic rings. The van der Waals surface area contributed by atoms with Gasteiger partial charge in [0, 0.05) is 45.6 Å². The van der Waals surface area contributed by atoms with Crippen LogP contribution in [0.25, 0.3) is 5.65 Å². The summed E-state index contributed by atoms with van der Waals surface area (Å²) < 4.78 is 7.28. The summed E-state index contributed by atoms with van der Waals surface area (Å²) in [4.78, 5) is 11.3. The van der Waals surface area contributed by atoms with Gasteiger partial charge < -0.3 is 19.4 Å². The maximum Gasteiger partial charge on any atom is 0.193 e. The van der Waals surface area contributed by atoms with Crippen molar-refractivity contribution in [1.82, 2.24) is 19.6 Å². The van der Waals surface area contributed by atoms with Crippen LogP contribution in [0.4, 0.5) is 0 Å². The number of methoxy groups -OCH3 is 1. The number of hydrogen-bond acceptors (Lipinski definition) is 3. The van der Waals surface area contributed by atoms with Crippen molar-refractivity contribution >= 4 is 35.6 Å². The summed E-state index contributed by atoms with van der Waals surface area (Å²) in [5.41, 5.74) is 1.98. The van der Waals surface area contributed by atoms with Crippen LogP contribution in [-0.4, -0.2) is 54.1 Å². The lowest BCUT2D eigenvalue weighted by molar-refractivity contribution is 0.157. The molecule has 23 heavy (non-hydrogen) atoms. The highest BCUT2D eigenvalue weighted by Crippen LogP contribution is 2.16. The molecule has 0 aromatic carbocycles. The monoisotopic (exact) mass is 429 g/mol. The largest absolute Gasteiger partial charge is 0.384 e. The average Bonchev–Trinajstić information content (AvgIpc) is 3.15. The summed E-state index contributed by atoms with van der Waals surface area (Å²) in [6.45, 7) is 3.53. The van der Waals surface area contributed by atoms with Crippen molar-refractivity contribution in [2.75, 3.05) is 33.9 Å². The molecule has 1 unspecified atom stereocenters. The quantitative estimate of drug-likeness (QED) is 0.459. The van der Waals surface area contributed by atoms with Crippen molar-refractivity contribution in [3.63, 3.8) is 0 Å². The van der Waals surface area contributed by atoms with Gasteiger partial charge in [0.2, 0.25) is 0 Å². The van der Waals surface area contributed by atoms with Gasteiger partial charge in [-0.25, -0.2) is 4.98 Å². The Labute approximate surface area is 154 Å². The number of hydrogen-bond donors (Lipinski definition) is 1. The molecule has 3 rings (SSSR count). The number of halogens is 1. The van der Waals surface area contributed by atoms with Crippen LogP contribution in [0.1, 0.15) is 12.1 Å². The van der Waals surface area contributed by atoms with Gasteiger partial charge in [-0.15, -0.1) is 24.0 Å². The Bertz CT molecular complexity index is 624. The van der Waals surface area contributed by atoms with E-state index in [1.807, 2.05) is 42.0 Å².